The van der Waals surface area contributed by atoms with E-state index >= 15 is 0 Å². The summed E-state index contributed by atoms with van der Waals surface area (Å²) in [7, 11) is 0. The largest absolute Gasteiger partial charge is 0.416 e. The Morgan fingerprint density at radius 3 is 2.33 bits per heavy atom. The molecule has 0 aliphatic rings. The first-order valence-corrected chi connectivity index (χ1v) is 6.94. The molecule has 2 rings (SSSR count). The van der Waals surface area contributed by atoms with Crippen LogP contribution in [0.1, 0.15) is 11.1 Å². The molecule has 9 heteroatoms. The third-order valence-corrected chi connectivity index (χ3v) is 3.41. The van der Waals surface area contributed by atoms with Gasteiger partial charge in [-0.15, -0.1) is 0 Å². The molecule has 0 fully saturated rings. The molecule has 2 aromatic rings. The first-order chi connectivity index (χ1) is 11.2. The second-order valence-corrected chi connectivity index (χ2v) is 5.25. The van der Waals surface area contributed by atoms with Crippen LogP contribution in [0.2, 0.25) is 5.02 Å². The standard InChI is InChI=1S/C15H10ClF3N2O3/c16-12-6-3-10(15(17,18)19)8-13(12)20-14(22)7-9-1-4-11(5-2-9)21(23)24/h1-6,8H,7H2,(H,20,22). The van der Waals surface area contributed by atoms with Crippen molar-refractivity contribution in [2.45, 2.75) is 12.6 Å². The fourth-order valence-electron chi connectivity index (χ4n) is 1.91. The Labute approximate surface area is 139 Å². The maximum Gasteiger partial charge on any atom is 0.416 e. The minimum absolute atomic E-state index is 0.0277. The minimum Gasteiger partial charge on any atom is -0.324 e. The number of halogens is 4. The topological polar surface area (TPSA) is 72.2 Å². The van der Waals surface area contributed by atoms with Crippen molar-refractivity contribution < 1.29 is 22.9 Å². The van der Waals surface area contributed by atoms with Gasteiger partial charge in [-0.1, -0.05) is 23.7 Å². The number of non-ortho nitro benzene ring substituents is 1. The van der Waals surface area contributed by atoms with E-state index in [9.17, 15) is 28.1 Å². The predicted octanol–water partition coefficient (Wildman–Crippen LogP) is 4.45. The lowest BCUT2D eigenvalue weighted by Gasteiger charge is -2.11. The first kappa shape index (κ1) is 17.7. The van der Waals surface area contributed by atoms with Crippen LogP contribution in [0.5, 0.6) is 0 Å². The summed E-state index contributed by atoms with van der Waals surface area (Å²) in [4.78, 5) is 21.9. The molecule has 24 heavy (non-hydrogen) atoms. The van der Waals surface area contributed by atoms with Crippen LogP contribution < -0.4 is 5.32 Å². The van der Waals surface area contributed by atoms with Gasteiger partial charge in [0.05, 0.1) is 27.6 Å². The average Bonchev–Trinajstić information content (AvgIpc) is 2.48. The fourth-order valence-corrected chi connectivity index (χ4v) is 2.08. The predicted molar refractivity (Wildman–Crippen MR) is 81.9 cm³/mol. The molecule has 0 radical (unpaired) electrons. The van der Waals surface area contributed by atoms with Crippen LogP contribution in [-0.2, 0) is 17.4 Å². The Hall–Kier alpha value is -2.61. The van der Waals surface area contributed by atoms with Crippen LogP contribution in [-0.4, -0.2) is 10.8 Å². The normalized spacial score (nSPS) is 11.2. The summed E-state index contributed by atoms with van der Waals surface area (Å²) in [6, 6.07) is 7.87. The van der Waals surface area contributed by atoms with Crippen molar-refractivity contribution in [2.75, 3.05) is 5.32 Å². The molecular formula is C15H10ClF3N2O3. The third-order valence-electron chi connectivity index (χ3n) is 3.08. The lowest BCUT2D eigenvalue weighted by atomic mass is 10.1. The zero-order valence-corrected chi connectivity index (χ0v) is 12.7. The Kier molecular flexibility index (Phi) is 5.08. The number of hydrogen-bond acceptors (Lipinski definition) is 3. The second-order valence-electron chi connectivity index (χ2n) is 4.84. The van der Waals surface area contributed by atoms with Crippen molar-refractivity contribution in [3.05, 3.63) is 68.7 Å². The molecule has 0 saturated carbocycles. The highest BCUT2D eigenvalue weighted by Gasteiger charge is 2.31. The van der Waals surface area contributed by atoms with Gasteiger partial charge in [-0.3, -0.25) is 14.9 Å². The average molecular weight is 359 g/mol. The van der Waals surface area contributed by atoms with Gasteiger partial charge in [0.1, 0.15) is 0 Å². The SMILES string of the molecule is O=C(Cc1ccc([N+](=O)[O-])cc1)Nc1cc(C(F)(F)F)ccc1Cl. The quantitative estimate of drug-likeness (QED) is 0.648. The highest BCUT2D eigenvalue weighted by Crippen LogP contribution is 2.33. The van der Waals surface area contributed by atoms with Gasteiger partial charge in [-0.05, 0) is 23.8 Å². The summed E-state index contributed by atoms with van der Waals surface area (Å²) >= 11 is 5.79. The molecule has 0 bridgehead atoms. The maximum atomic E-state index is 12.7. The first-order valence-electron chi connectivity index (χ1n) is 6.57. The summed E-state index contributed by atoms with van der Waals surface area (Å²) in [5.74, 6) is -0.593. The van der Waals surface area contributed by atoms with Crippen LogP contribution in [0.25, 0.3) is 0 Å². The number of rotatable bonds is 4. The van der Waals surface area contributed by atoms with Gasteiger partial charge >= 0.3 is 6.18 Å². The van der Waals surface area contributed by atoms with E-state index in [2.05, 4.69) is 5.32 Å². The van der Waals surface area contributed by atoms with Gasteiger partial charge in [-0.2, -0.15) is 13.2 Å². The van der Waals surface area contributed by atoms with Crippen molar-refractivity contribution >= 4 is 28.9 Å². The van der Waals surface area contributed by atoms with Crippen LogP contribution in [0, 0.1) is 10.1 Å². The van der Waals surface area contributed by atoms with E-state index in [0.29, 0.717) is 5.56 Å². The number of nitro groups is 1. The lowest BCUT2D eigenvalue weighted by Crippen LogP contribution is -2.15. The van der Waals surface area contributed by atoms with Crippen molar-refractivity contribution in [3.63, 3.8) is 0 Å². The van der Waals surface area contributed by atoms with E-state index < -0.39 is 22.6 Å². The molecule has 0 aromatic heterocycles. The van der Waals surface area contributed by atoms with Gasteiger partial charge in [0.15, 0.2) is 0 Å². The summed E-state index contributed by atoms with van der Waals surface area (Å²) in [5.41, 5.74) is -0.739. The van der Waals surface area contributed by atoms with Crippen LogP contribution in [0.15, 0.2) is 42.5 Å². The minimum atomic E-state index is -4.55. The maximum absolute atomic E-state index is 12.7. The van der Waals surface area contributed by atoms with Crippen LogP contribution in [0.4, 0.5) is 24.5 Å². The Morgan fingerprint density at radius 2 is 1.79 bits per heavy atom. The fraction of sp³-hybridized carbons (Fsp3) is 0.133. The summed E-state index contributed by atoms with van der Waals surface area (Å²) in [6.07, 6.45) is -4.72. The number of carbonyl (C=O) groups excluding carboxylic acids is 1. The molecule has 0 heterocycles. The molecule has 126 valence electrons. The van der Waals surface area contributed by atoms with E-state index in [1.165, 1.54) is 24.3 Å². The summed E-state index contributed by atoms with van der Waals surface area (Å²) in [6.45, 7) is 0. The molecule has 1 N–H and O–H groups in total. The number of amides is 1. The van der Waals surface area contributed by atoms with Gasteiger partial charge in [0, 0.05) is 12.1 Å². The van der Waals surface area contributed by atoms with Crippen LogP contribution in [0.3, 0.4) is 0 Å². The number of alkyl halides is 3. The molecule has 0 saturated heterocycles. The Bertz CT molecular complexity index is 777. The second kappa shape index (κ2) is 6.88. The Balaban J connectivity index is 2.11. The molecule has 0 spiro atoms. The summed E-state index contributed by atoms with van der Waals surface area (Å²) in [5, 5.41) is 12.8. The van der Waals surface area contributed by atoms with E-state index in [1.807, 2.05) is 0 Å². The molecule has 0 aliphatic heterocycles. The number of nitrogens with one attached hydrogen (secondary N) is 1. The number of nitro benzene ring substituents is 1. The number of hydrogen-bond donors (Lipinski definition) is 1. The number of benzene rings is 2. The molecule has 1 amide bonds. The number of nitrogens with zero attached hydrogens (tertiary/aromatic N) is 1. The Morgan fingerprint density at radius 1 is 1.17 bits per heavy atom. The molecule has 0 unspecified atom stereocenters. The highest BCUT2D eigenvalue weighted by atomic mass is 35.5. The third kappa shape index (κ3) is 4.45. The highest BCUT2D eigenvalue weighted by molar-refractivity contribution is 6.33. The molecule has 2 aromatic carbocycles. The smallest absolute Gasteiger partial charge is 0.324 e. The van der Waals surface area contributed by atoms with Crippen LogP contribution >= 0.6 is 11.6 Å². The van der Waals surface area contributed by atoms with Gasteiger partial charge in [0.2, 0.25) is 5.91 Å². The van der Waals surface area contributed by atoms with E-state index in [0.717, 1.165) is 18.2 Å². The van der Waals surface area contributed by atoms with E-state index in [-0.39, 0.29) is 22.8 Å². The molecule has 0 atom stereocenters. The zero-order chi connectivity index (χ0) is 17.9. The van der Waals surface area contributed by atoms with Crippen molar-refractivity contribution in [1.29, 1.82) is 0 Å². The molecule has 0 aliphatic carbocycles. The number of anilines is 1. The van der Waals surface area contributed by atoms with Crippen molar-refractivity contribution in [1.82, 2.24) is 0 Å². The van der Waals surface area contributed by atoms with E-state index in [1.54, 1.807) is 0 Å². The van der Waals surface area contributed by atoms with Gasteiger partial charge < -0.3 is 5.32 Å². The van der Waals surface area contributed by atoms with Gasteiger partial charge in [-0.25, -0.2) is 0 Å². The molecular weight excluding hydrogens is 349 g/mol. The van der Waals surface area contributed by atoms with Crippen molar-refractivity contribution in [3.8, 4) is 0 Å². The van der Waals surface area contributed by atoms with Crippen molar-refractivity contribution in [2.24, 2.45) is 0 Å². The van der Waals surface area contributed by atoms with E-state index in [4.69, 9.17) is 11.6 Å². The lowest BCUT2D eigenvalue weighted by molar-refractivity contribution is -0.384. The molecule has 5 nitrogen and oxygen atoms in total. The summed E-state index contributed by atoms with van der Waals surface area (Å²) < 4.78 is 38.0. The monoisotopic (exact) mass is 358 g/mol. The zero-order valence-electron chi connectivity index (χ0n) is 11.9. The number of carbonyl (C=O) groups is 1. The van der Waals surface area contributed by atoms with Gasteiger partial charge in [0.25, 0.3) is 5.69 Å².